The summed E-state index contributed by atoms with van der Waals surface area (Å²) in [4.78, 5) is 0. The molecule has 14 heavy (non-hydrogen) atoms. The van der Waals surface area contributed by atoms with Crippen molar-refractivity contribution < 1.29 is 9.84 Å². The van der Waals surface area contributed by atoms with Gasteiger partial charge in [0.2, 0.25) is 0 Å². The first kappa shape index (κ1) is 9.53. The Hall–Kier alpha value is -1.02. The van der Waals surface area contributed by atoms with Gasteiger partial charge in [0.25, 0.3) is 0 Å². The Bertz CT molecular complexity index is 345. The third-order valence-electron chi connectivity index (χ3n) is 2.59. The van der Waals surface area contributed by atoms with Crippen molar-refractivity contribution in [2.45, 2.75) is 38.9 Å². The van der Waals surface area contributed by atoms with Crippen molar-refractivity contribution in [3.05, 3.63) is 35.1 Å². The largest absolute Gasteiger partial charge is 0.483 e. The number of allylic oxidation sites excluding steroid dienone is 1. The smallest absolute Gasteiger partial charge is 0.126 e. The molecule has 76 valence electrons. The van der Waals surface area contributed by atoms with Gasteiger partial charge in [-0.1, -0.05) is 6.08 Å². The van der Waals surface area contributed by atoms with E-state index in [0.29, 0.717) is 6.42 Å². The summed E-state index contributed by atoms with van der Waals surface area (Å²) in [5.74, 6) is 0.828. The number of aliphatic hydroxyl groups is 1. The standard InChI is InChI=1S/C12H16O2/c1-8-7-12(2,3)14-10-6-4-5-9(13)11(8)10/h4,6-7,9,13H,5H2,1-3H3/t9-/m1/s1. The Morgan fingerprint density at radius 3 is 2.93 bits per heavy atom. The van der Waals surface area contributed by atoms with Crippen molar-refractivity contribution in [2.75, 3.05) is 0 Å². The Morgan fingerprint density at radius 1 is 1.50 bits per heavy atom. The summed E-state index contributed by atoms with van der Waals surface area (Å²) in [6.07, 6.45) is 6.27. The summed E-state index contributed by atoms with van der Waals surface area (Å²) in [6.45, 7) is 6.08. The zero-order valence-electron chi connectivity index (χ0n) is 8.87. The second-order valence-electron chi connectivity index (χ2n) is 4.46. The average Bonchev–Trinajstić information content (AvgIpc) is 2.00. The maximum absolute atomic E-state index is 9.82. The Balaban J connectivity index is 2.44. The molecule has 0 saturated heterocycles. The van der Waals surface area contributed by atoms with Crippen LogP contribution in [0.5, 0.6) is 0 Å². The van der Waals surface area contributed by atoms with E-state index >= 15 is 0 Å². The Labute approximate surface area is 84.6 Å². The molecule has 0 aromatic carbocycles. The van der Waals surface area contributed by atoms with E-state index in [0.717, 1.165) is 16.9 Å². The molecular formula is C12H16O2. The maximum atomic E-state index is 9.82. The Morgan fingerprint density at radius 2 is 2.21 bits per heavy atom. The predicted molar refractivity (Wildman–Crippen MR) is 55.7 cm³/mol. The third-order valence-corrected chi connectivity index (χ3v) is 2.59. The molecule has 0 spiro atoms. The van der Waals surface area contributed by atoms with Gasteiger partial charge in [0, 0.05) is 5.57 Å². The molecule has 2 nitrogen and oxygen atoms in total. The van der Waals surface area contributed by atoms with E-state index in [2.05, 4.69) is 6.08 Å². The van der Waals surface area contributed by atoms with Crippen LogP contribution >= 0.6 is 0 Å². The molecule has 1 atom stereocenters. The number of rotatable bonds is 0. The molecule has 2 heteroatoms. The quantitative estimate of drug-likeness (QED) is 0.638. The molecule has 0 saturated carbocycles. The summed E-state index contributed by atoms with van der Waals surface area (Å²) in [6, 6.07) is 0. The first-order valence-electron chi connectivity index (χ1n) is 4.97. The van der Waals surface area contributed by atoms with Crippen molar-refractivity contribution in [1.82, 2.24) is 0 Å². The van der Waals surface area contributed by atoms with Crippen LogP contribution in [0.3, 0.4) is 0 Å². The number of hydrogen-bond donors (Lipinski definition) is 1. The van der Waals surface area contributed by atoms with Gasteiger partial charge in [0.15, 0.2) is 0 Å². The minimum absolute atomic E-state index is 0.260. The molecular weight excluding hydrogens is 176 g/mol. The van der Waals surface area contributed by atoms with Crippen LogP contribution in [0.25, 0.3) is 0 Å². The zero-order chi connectivity index (χ0) is 10.3. The number of hydrogen-bond acceptors (Lipinski definition) is 2. The molecule has 1 aliphatic heterocycles. The van der Waals surface area contributed by atoms with Gasteiger partial charge in [-0.05, 0) is 44.9 Å². The van der Waals surface area contributed by atoms with E-state index in [9.17, 15) is 5.11 Å². The van der Waals surface area contributed by atoms with E-state index < -0.39 is 6.10 Å². The fourth-order valence-corrected chi connectivity index (χ4v) is 2.13. The summed E-state index contributed by atoms with van der Waals surface area (Å²) in [5.41, 5.74) is 1.82. The summed E-state index contributed by atoms with van der Waals surface area (Å²) >= 11 is 0. The summed E-state index contributed by atoms with van der Waals surface area (Å²) in [5, 5.41) is 9.82. The summed E-state index contributed by atoms with van der Waals surface area (Å²) < 4.78 is 5.77. The van der Waals surface area contributed by atoms with Gasteiger partial charge in [-0.3, -0.25) is 0 Å². The van der Waals surface area contributed by atoms with Gasteiger partial charge in [-0.25, -0.2) is 0 Å². The van der Waals surface area contributed by atoms with E-state index in [4.69, 9.17) is 4.74 Å². The first-order valence-corrected chi connectivity index (χ1v) is 4.97. The van der Waals surface area contributed by atoms with Crippen molar-refractivity contribution in [1.29, 1.82) is 0 Å². The molecule has 2 rings (SSSR count). The highest BCUT2D eigenvalue weighted by molar-refractivity contribution is 5.45. The number of ether oxygens (including phenoxy) is 1. The molecule has 0 aromatic heterocycles. The summed E-state index contributed by atoms with van der Waals surface area (Å²) in [7, 11) is 0. The lowest BCUT2D eigenvalue weighted by Gasteiger charge is -2.34. The first-order chi connectivity index (χ1) is 6.49. The molecule has 0 aromatic rings. The van der Waals surface area contributed by atoms with Crippen LogP contribution in [0.15, 0.2) is 35.1 Å². The molecule has 0 fully saturated rings. The second kappa shape index (κ2) is 2.99. The lowest BCUT2D eigenvalue weighted by atomic mass is 9.89. The highest BCUT2D eigenvalue weighted by Gasteiger charge is 2.30. The molecule has 2 aliphatic rings. The average molecular weight is 192 g/mol. The molecule has 0 radical (unpaired) electrons. The fourth-order valence-electron chi connectivity index (χ4n) is 2.13. The Kier molecular flexibility index (Phi) is 2.04. The van der Waals surface area contributed by atoms with Crippen molar-refractivity contribution in [2.24, 2.45) is 0 Å². The van der Waals surface area contributed by atoms with E-state index in [-0.39, 0.29) is 5.60 Å². The van der Waals surface area contributed by atoms with Crippen LogP contribution in [0.4, 0.5) is 0 Å². The molecule has 0 unspecified atom stereocenters. The molecule has 0 bridgehead atoms. The second-order valence-corrected chi connectivity index (χ2v) is 4.46. The van der Waals surface area contributed by atoms with Gasteiger partial charge in [-0.2, -0.15) is 0 Å². The van der Waals surface area contributed by atoms with E-state index in [1.807, 2.05) is 32.9 Å². The SMILES string of the molecule is CC1=CC(C)(C)OC2=C1[C@H](O)CC=C2. The van der Waals surface area contributed by atoms with Crippen molar-refractivity contribution >= 4 is 0 Å². The highest BCUT2D eigenvalue weighted by Crippen LogP contribution is 2.35. The van der Waals surface area contributed by atoms with E-state index in [1.54, 1.807) is 0 Å². The lowest BCUT2D eigenvalue weighted by Crippen LogP contribution is -2.29. The molecule has 1 aliphatic carbocycles. The van der Waals surface area contributed by atoms with Gasteiger partial charge in [-0.15, -0.1) is 0 Å². The monoisotopic (exact) mass is 192 g/mol. The number of aliphatic hydroxyl groups excluding tert-OH is 1. The van der Waals surface area contributed by atoms with Crippen LogP contribution in [-0.2, 0) is 4.74 Å². The predicted octanol–water partition coefficient (Wildman–Crippen LogP) is 2.32. The topological polar surface area (TPSA) is 29.5 Å². The lowest BCUT2D eigenvalue weighted by molar-refractivity contribution is 0.0709. The van der Waals surface area contributed by atoms with Crippen LogP contribution in [0.1, 0.15) is 27.2 Å². The van der Waals surface area contributed by atoms with Gasteiger partial charge in [0.1, 0.15) is 11.4 Å². The normalized spacial score (nSPS) is 29.4. The minimum atomic E-state index is -0.401. The molecule has 1 N–H and O–H groups in total. The fraction of sp³-hybridized carbons (Fsp3) is 0.500. The minimum Gasteiger partial charge on any atom is -0.483 e. The van der Waals surface area contributed by atoms with E-state index in [1.165, 1.54) is 0 Å². The van der Waals surface area contributed by atoms with Crippen molar-refractivity contribution in [3.63, 3.8) is 0 Å². The van der Waals surface area contributed by atoms with Gasteiger partial charge >= 0.3 is 0 Å². The zero-order valence-corrected chi connectivity index (χ0v) is 8.87. The highest BCUT2D eigenvalue weighted by atomic mass is 16.5. The molecule has 0 amide bonds. The third kappa shape index (κ3) is 1.50. The van der Waals surface area contributed by atoms with Gasteiger partial charge < -0.3 is 9.84 Å². The molecule has 1 heterocycles. The van der Waals surface area contributed by atoms with Gasteiger partial charge in [0.05, 0.1) is 6.10 Å². The van der Waals surface area contributed by atoms with Crippen LogP contribution in [0, 0.1) is 0 Å². The van der Waals surface area contributed by atoms with Crippen molar-refractivity contribution in [3.8, 4) is 0 Å². The van der Waals surface area contributed by atoms with Crippen LogP contribution < -0.4 is 0 Å². The van der Waals surface area contributed by atoms with Crippen LogP contribution in [-0.4, -0.2) is 16.8 Å². The maximum Gasteiger partial charge on any atom is 0.126 e. The van der Waals surface area contributed by atoms with Crippen LogP contribution in [0.2, 0.25) is 0 Å².